The van der Waals surface area contributed by atoms with Crippen molar-refractivity contribution in [2.45, 2.75) is 56.8 Å². The van der Waals surface area contributed by atoms with Crippen LogP contribution in [0.2, 0.25) is 0 Å². The smallest absolute Gasteiger partial charge is 0.326 e. The highest BCUT2D eigenvalue weighted by atomic mass is 16.4. The molecule has 4 atom stereocenters. The highest BCUT2D eigenvalue weighted by molar-refractivity contribution is 5.92. The number of rotatable bonds is 12. The number of aliphatic hydroxyl groups is 1. The van der Waals surface area contributed by atoms with Gasteiger partial charge < -0.3 is 32.3 Å². The Bertz CT molecular complexity index is 638. The third kappa shape index (κ3) is 8.03. The highest BCUT2D eigenvalue weighted by Crippen LogP contribution is 2.06. The Kier molecular flexibility index (Phi) is 10.1. The molecule has 0 bridgehead atoms. The van der Waals surface area contributed by atoms with Crippen LogP contribution in [0.5, 0.6) is 0 Å². The summed E-state index contributed by atoms with van der Waals surface area (Å²) in [4.78, 5) is 36.3. The summed E-state index contributed by atoms with van der Waals surface area (Å²) >= 11 is 0. The van der Waals surface area contributed by atoms with Gasteiger partial charge in [-0.2, -0.15) is 0 Å². The minimum atomic E-state index is -1.19. The summed E-state index contributed by atoms with van der Waals surface area (Å²) < 4.78 is 0. The zero-order valence-corrected chi connectivity index (χ0v) is 16.0. The maximum atomic E-state index is 12.6. The second-order valence-corrected chi connectivity index (χ2v) is 6.70. The summed E-state index contributed by atoms with van der Waals surface area (Å²) in [5.74, 6) is -2.48. The number of nitrogens with one attached hydrogen (secondary N) is 2. The molecule has 0 aliphatic rings. The minimum Gasteiger partial charge on any atom is -0.480 e. The van der Waals surface area contributed by atoms with E-state index in [2.05, 4.69) is 10.6 Å². The molecule has 0 spiro atoms. The normalized spacial score (nSPS) is 15.1. The van der Waals surface area contributed by atoms with E-state index >= 15 is 0 Å². The molecule has 1 rings (SSSR count). The SMILES string of the molecule is C[C@@H](O)[C@@H](N)C(=O)N[C@H](CCCCN)C(=O)N[C@@H](Cc1ccccc1)C(=O)O. The number of nitrogens with two attached hydrogens (primary N) is 2. The summed E-state index contributed by atoms with van der Waals surface area (Å²) in [6, 6.07) is 5.60. The fourth-order valence-corrected chi connectivity index (χ4v) is 2.57. The molecule has 0 radical (unpaired) electrons. The van der Waals surface area contributed by atoms with Gasteiger partial charge in [0.15, 0.2) is 0 Å². The molecule has 9 heteroatoms. The number of carbonyl (C=O) groups is 3. The van der Waals surface area contributed by atoms with E-state index in [0.29, 0.717) is 19.4 Å². The van der Waals surface area contributed by atoms with Gasteiger partial charge in [0.05, 0.1) is 6.10 Å². The number of carboxylic acid groups (broad SMARTS) is 1. The predicted molar refractivity (Wildman–Crippen MR) is 104 cm³/mol. The molecule has 0 aliphatic carbocycles. The van der Waals surface area contributed by atoms with Crippen LogP contribution in [-0.4, -0.2) is 58.8 Å². The van der Waals surface area contributed by atoms with Crippen LogP contribution in [0.25, 0.3) is 0 Å². The van der Waals surface area contributed by atoms with Gasteiger partial charge in [-0.3, -0.25) is 9.59 Å². The zero-order valence-electron chi connectivity index (χ0n) is 16.0. The highest BCUT2D eigenvalue weighted by Gasteiger charge is 2.28. The summed E-state index contributed by atoms with van der Waals surface area (Å²) in [6.07, 6.45) is 0.513. The Balaban J connectivity index is 2.83. The minimum absolute atomic E-state index is 0.110. The maximum Gasteiger partial charge on any atom is 0.326 e. The average molecular weight is 394 g/mol. The lowest BCUT2D eigenvalue weighted by atomic mass is 10.0. The Morgan fingerprint density at radius 2 is 1.64 bits per heavy atom. The predicted octanol–water partition coefficient (Wildman–Crippen LogP) is -0.880. The van der Waals surface area contributed by atoms with E-state index < -0.39 is 42.0 Å². The van der Waals surface area contributed by atoms with Gasteiger partial charge in [-0.05, 0) is 38.3 Å². The molecule has 156 valence electrons. The first-order valence-electron chi connectivity index (χ1n) is 9.27. The monoisotopic (exact) mass is 394 g/mol. The first kappa shape index (κ1) is 23.5. The molecule has 0 heterocycles. The largest absolute Gasteiger partial charge is 0.480 e. The molecule has 0 aliphatic heterocycles. The molecule has 8 N–H and O–H groups in total. The van der Waals surface area contributed by atoms with Crippen molar-refractivity contribution in [2.24, 2.45) is 11.5 Å². The number of hydrogen-bond acceptors (Lipinski definition) is 6. The number of carbonyl (C=O) groups excluding carboxylic acids is 2. The van der Waals surface area contributed by atoms with Crippen molar-refractivity contribution >= 4 is 17.8 Å². The lowest BCUT2D eigenvalue weighted by Crippen LogP contribution is -2.56. The van der Waals surface area contributed by atoms with Crippen molar-refractivity contribution in [1.82, 2.24) is 10.6 Å². The van der Waals surface area contributed by atoms with Gasteiger partial charge in [0.2, 0.25) is 11.8 Å². The second-order valence-electron chi connectivity index (χ2n) is 6.70. The first-order chi connectivity index (χ1) is 13.3. The number of amides is 2. The van der Waals surface area contributed by atoms with Gasteiger partial charge in [-0.1, -0.05) is 30.3 Å². The number of carboxylic acids is 1. The molecule has 2 amide bonds. The van der Waals surface area contributed by atoms with Crippen molar-refractivity contribution < 1.29 is 24.6 Å². The Morgan fingerprint density at radius 3 is 2.18 bits per heavy atom. The molecular weight excluding hydrogens is 364 g/mol. The van der Waals surface area contributed by atoms with Crippen molar-refractivity contribution in [3.8, 4) is 0 Å². The summed E-state index contributed by atoms with van der Waals surface area (Å²) in [5.41, 5.74) is 11.8. The number of hydrogen-bond donors (Lipinski definition) is 6. The molecule has 0 fully saturated rings. The number of benzene rings is 1. The Hall–Kier alpha value is -2.49. The second kappa shape index (κ2) is 12.1. The summed E-state index contributed by atoms with van der Waals surface area (Å²) in [5, 5.41) is 23.9. The van der Waals surface area contributed by atoms with Gasteiger partial charge in [0.25, 0.3) is 0 Å². The number of aliphatic carboxylic acids is 1. The van der Waals surface area contributed by atoms with Gasteiger partial charge >= 0.3 is 5.97 Å². The lowest BCUT2D eigenvalue weighted by Gasteiger charge is -2.23. The van der Waals surface area contributed by atoms with E-state index in [1.165, 1.54) is 6.92 Å². The van der Waals surface area contributed by atoms with E-state index in [1.54, 1.807) is 24.3 Å². The van der Waals surface area contributed by atoms with Gasteiger partial charge in [0.1, 0.15) is 18.1 Å². The van der Waals surface area contributed by atoms with Crippen LogP contribution in [-0.2, 0) is 20.8 Å². The Labute approximate surface area is 164 Å². The van der Waals surface area contributed by atoms with Crippen LogP contribution in [0.3, 0.4) is 0 Å². The van der Waals surface area contributed by atoms with Crippen LogP contribution >= 0.6 is 0 Å². The topological polar surface area (TPSA) is 168 Å². The number of aliphatic hydroxyl groups excluding tert-OH is 1. The van der Waals surface area contributed by atoms with Gasteiger partial charge in [-0.25, -0.2) is 4.79 Å². The molecule has 0 saturated carbocycles. The van der Waals surface area contributed by atoms with Crippen LogP contribution in [0.4, 0.5) is 0 Å². The Morgan fingerprint density at radius 1 is 1.04 bits per heavy atom. The van der Waals surface area contributed by atoms with Crippen LogP contribution < -0.4 is 22.1 Å². The molecule has 9 nitrogen and oxygen atoms in total. The fraction of sp³-hybridized carbons (Fsp3) is 0.526. The molecule has 28 heavy (non-hydrogen) atoms. The van der Waals surface area contributed by atoms with Gasteiger partial charge in [0, 0.05) is 6.42 Å². The van der Waals surface area contributed by atoms with E-state index in [-0.39, 0.29) is 12.8 Å². The fourth-order valence-electron chi connectivity index (χ4n) is 2.57. The molecular formula is C19H30N4O5. The molecule has 0 saturated heterocycles. The zero-order chi connectivity index (χ0) is 21.1. The summed E-state index contributed by atoms with van der Waals surface area (Å²) in [7, 11) is 0. The van der Waals surface area contributed by atoms with Crippen molar-refractivity contribution in [2.75, 3.05) is 6.54 Å². The first-order valence-corrected chi connectivity index (χ1v) is 9.27. The van der Waals surface area contributed by atoms with Crippen LogP contribution in [0.15, 0.2) is 30.3 Å². The third-order valence-corrected chi connectivity index (χ3v) is 4.30. The summed E-state index contributed by atoms with van der Waals surface area (Å²) in [6.45, 7) is 1.80. The van der Waals surface area contributed by atoms with Crippen molar-refractivity contribution in [3.05, 3.63) is 35.9 Å². The third-order valence-electron chi connectivity index (χ3n) is 4.30. The van der Waals surface area contributed by atoms with Crippen LogP contribution in [0, 0.1) is 0 Å². The lowest BCUT2D eigenvalue weighted by molar-refractivity contribution is -0.142. The van der Waals surface area contributed by atoms with E-state index in [9.17, 15) is 24.6 Å². The molecule has 0 unspecified atom stereocenters. The van der Waals surface area contributed by atoms with Crippen molar-refractivity contribution in [3.63, 3.8) is 0 Å². The van der Waals surface area contributed by atoms with E-state index in [4.69, 9.17) is 11.5 Å². The van der Waals surface area contributed by atoms with Crippen molar-refractivity contribution in [1.29, 1.82) is 0 Å². The van der Waals surface area contributed by atoms with E-state index in [1.807, 2.05) is 6.07 Å². The standard InChI is InChI=1S/C19H30N4O5/c1-12(24)16(21)18(26)22-14(9-5-6-10-20)17(25)23-15(19(27)28)11-13-7-3-2-4-8-13/h2-4,7-8,12,14-16,24H,5-6,9-11,20-21H2,1H3,(H,22,26)(H,23,25)(H,27,28)/t12-,14-,15+,16-/m1/s1. The molecule has 0 aromatic heterocycles. The molecule has 1 aromatic carbocycles. The van der Waals surface area contributed by atoms with Crippen LogP contribution in [0.1, 0.15) is 31.7 Å². The quantitative estimate of drug-likeness (QED) is 0.250. The maximum absolute atomic E-state index is 12.6. The number of unbranched alkanes of at least 4 members (excludes halogenated alkanes) is 1. The van der Waals surface area contributed by atoms with Gasteiger partial charge in [-0.15, -0.1) is 0 Å². The molecule has 1 aromatic rings. The van der Waals surface area contributed by atoms with E-state index in [0.717, 1.165) is 5.56 Å². The average Bonchev–Trinajstić information content (AvgIpc) is 2.66.